The number of hydrogen-bond donors (Lipinski definition) is 1. The lowest BCUT2D eigenvalue weighted by molar-refractivity contribution is 0.00578. The fourth-order valence-electron chi connectivity index (χ4n) is 1.81. The van der Waals surface area contributed by atoms with Crippen molar-refractivity contribution in [3.05, 3.63) is 24.3 Å². The minimum absolute atomic E-state index is 0.304. The number of benzene rings is 1. The van der Waals surface area contributed by atoms with E-state index in [0.717, 1.165) is 11.2 Å². The van der Waals surface area contributed by atoms with Crippen LogP contribution >= 0.6 is 0 Å². The van der Waals surface area contributed by atoms with E-state index >= 15 is 0 Å². The van der Waals surface area contributed by atoms with Gasteiger partial charge in [0.2, 0.25) is 0 Å². The van der Waals surface area contributed by atoms with Crippen LogP contribution in [0.3, 0.4) is 0 Å². The lowest BCUT2D eigenvalue weighted by atomic mass is 9.79. The van der Waals surface area contributed by atoms with Gasteiger partial charge in [-0.2, -0.15) is 0 Å². The van der Waals surface area contributed by atoms with Gasteiger partial charge in [-0.15, -0.1) is 0 Å². The summed E-state index contributed by atoms with van der Waals surface area (Å²) in [7, 11) is 1.27. The van der Waals surface area contributed by atoms with Crippen molar-refractivity contribution in [1.29, 1.82) is 0 Å². The van der Waals surface area contributed by atoms with Crippen LogP contribution in [0.4, 0.5) is 5.69 Å². The van der Waals surface area contributed by atoms with Crippen LogP contribution in [-0.2, 0) is 14.1 Å². The predicted molar refractivity (Wildman–Crippen MR) is 72.8 cm³/mol. The number of hydrogen-bond acceptors (Lipinski definition) is 4. The van der Waals surface area contributed by atoms with E-state index in [9.17, 15) is 0 Å². The summed E-state index contributed by atoms with van der Waals surface area (Å²) in [6.07, 6.45) is 0. The Hall–Kier alpha value is -1.04. The summed E-state index contributed by atoms with van der Waals surface area (Å²) in [5.74, 6) is 0. The van der Waals surface area contributed by atoms with Gasteiger partial charge in [-0.05, 0) is 45.3 Å². The van der Waals surface area contributed by atoms with Crippen LogP contribution < -0.4 is 10.9 Å². The molecule has 0 unspecified atom stereocenters. The fourth-order valence-corrected chi connectivity index (χ4v) is 1.81. The van der Waals surface area contributed by atoms with Crippen molar-refractivity contribution in [3.63, 3.8) is 0 Å². The molecule has 0 atom stereocenters. The van der Waals surface area contributed by atoms with Gasteiger partial charge >= 0.3 is 7.12 Å². The summed E-state index contributed by atoms with van der Waals surface area (Å²) >= 11 is 0. The highest BCUT2D eigenvalue weighted by molar-refractivity contribution is 6.62. The lowest BCUT2D eigenvalue weighted by Gasteiger charge is -2.32. The first-order valence-electron chi connectivity index (χ1n) is 6.10. The normalized spacial score (nSPS) is 21.1. The van der Waals surface area contributed by atoms with Crippen molar-refractivity contribution < 1.29 is 14.1 Å². The van der Waals surface area contributed by atoms with Gasteiger partial charge in [-0.1, -0.05) is 12.1 Å². The van der Waals surface area contributed by atoms with E-state index in [1.165, 1.54) is 0 Å². The van der Waals surface area contributed by atoms with Crippen LogP contribution in [0.1, 0.15) is 27.7 Å². The van der Waals surface area contributed by atoms with Gasteiger partial charge in [-0.3, -0.25) is 10.3 Å². The molecule has 0 saturated carbocycles. The largest absolute Gasteiger partial charge is 0.494 e. The average Bonchev–Trinajstić information content (AvgIpc) is 2.50. The molecule has 1 aliphatic rings. The van der Waals surface area contributed by atoms with Gasteiger partial charge in [0.1, 0.15) is 0 Å². The minimum atomic E-state index is -0.313. The Kier molecular flexibility index (Phi) is 3.40. The van der Waals surface area contributed by atoms with Crippen molar-refractivity contribution in [3.8, 4) is 0 Å². The summed E-state index contributed by atoms with van der Waals surface area (Å²) < 4.78 is 12.0. The van der Waals surface area contributed by atoms with Gasteiger partial charge in [0.05, 0.1) is 24.0 Å². The minimum Gasteiger partial charge on any atom is -0.399 e. The maximum absolute atomic E-state index is 5.98. The zero-order valence-electron chi connectivity index (χ0n) is 11.6. The second kappa shape index (κ2) is 4.57. The van der Waals surface area contributed by atoms with Crippen molar-refractivity contribution >= 4 is 18.3 Å². The molecule has 0 radical (unpaired) electrons. The molecular formula is C13H20BNO3. The summed E-state index contributed by atoms with van der Waals surface area (Å²) in [4.78, 5) is 4.85. The fraction of sp³-hybridized carbons (Fsp3) is 0.538. The molecule has 2 rings (SSSR count). The maximum Gasteiger partial charge on any atom is 0.494 e. The number of nitrogens with one attached hydrogen (secondary N) is 1. The quantitative estimate of drug-likeness (QED) is 0.656. The van der Waals surface area contributed by atoms with Gasteiger partial charge in [-0.25, -0.2) is 0 Å². The van der Waals surface area contributed by atoms with E-state index in [1.807, 2.05) is 52.0 Å². The monoisotopic (exact) mass is 249 g/mol. The Bertz CT molecular complexity index is 401. The molecule has 1 saturated heterocycles. The van der Waals surface area contributed by atoms with Crippen LogP contribution in [-0.4, -0.2) is 25.4 Å². The van der Waals surface area contributed by atoms with E-state index in [0.29, 0.717) is 0 Å². The van der Waals surface area contributed by atoms with Crippen molar-refractivity contribution in [1.82, 2.24) is 0 Å². The van der Waals surface area contributed by atoms with Crippen LogP contribution in [0, 0.1) is 0 Å². The smallest absolute Gasteiger partial charge is 0.399 e. The number of anilines is 1. The Morgan fingerprint density at radius 1 is 1.00 bits per heavy atom. The van der Waals surface area contributed by atoms with E-state index in [4.69, 9.17) is 14.1 Å². The van der Waals surface area contributed by atoms with E-state index in [1.54, 1.807) is 7.11 Å². The molecule has 1 aromatic rings. The summed E-state index contributed by atoms with van der Waals surface area (Å²) in [6, 6.07) is 7.82. The molecule has 1 fully saturated rings. The summed E-state index contributed by atoms with van der Waals surface area (Å²) in [5, 5.41) is 0. The number of rotatable bonds is 3. The third-order valence-corrected chi connectivity index (χ3v) is 3.66. The third kappa shape index (κ3) is 2.39. The summed E-state index contributed by atoms with van der Waals surface area (Å²) in [5.41, 5.74) is 4.08. The molecule has 0 spiro atoms. The van der Waals surface area contributed by atoms with Crippen LogP contribution in [0.2, 0.25) is 0 Å². The second-order valence-electron chi connectivity index (χ2n) is 5.52. The van der Waals surface area contributed by atoms with Gasteiger partial charge in [0.25, 0.3) is 0 Å². The molecule has 1 N–H and O–H groups in total. The molecule has 5 heteroatoms. The SMILES string of the molecule is CONc1ccc(B2OC(C)(C)C(C)(C)O2)cc1. The molecule has 0 bridgehead atoms. The maximum atomic E-state index is 5.98. The van der Waals surface area contributed by atoms with E-state index in [-0.39, 0.29) is 18.3 Å². The first kappa shape index (κ1) is 13.4. The third-order valence-electron chi connectivity index (χ3n) is 3.66. The molecule has 1 aromatic carbocycles. The molecule has 0 amide bonds. The van der Waals surface area contributed by atoms with Crippen LogP contribution in [0.25, 0.3) is 0 Å². The molecule has 0 aromatic heterocycles. The molecular weight excluding hydrogens is 229 g/mol. The Labute approximate surface area is 109 Å². The van der Waals surface area contributed by atoms with Gasteiger partial charge in [0.15, 0.2) is 0 Å². The molecule has 18 heavy (non-hydrogen) atoms. The zero-order valence-corrected chi connectivity index (χ0v) is 11.6. The highest BCUT2D eigenvalue weighted by atomic mass is 16.7. The highest BCUT2D eigenvalue weighted by Crippen LogP contribution is 2.36. The first-order chi connectivity index (χ1) is 8.36. The summed E-state index contributed by atoms with van der Waals surface area (Å²) in [6.45, 7) is 8.20. The average molecular weight is 249 g/mol. The van der Waals surface area contributed by atoms with E-state index < -0.39 is 0 Å². The standard InChI is InChI=1S/C13H20BNO3/c1-12(2)13(3,4)18-14(17-12)10-6-8-11(9-7-10)15-16-5/h6-9,15H,1-5H3. The van der Waals surface area contributed by atoms with E-state index in [2.05, 4.69) is 5.48 Å². The molecule has 0 aliphatic carbocycles. The van der Waals surface area contributed by atoms with Crippen molar-refractivity contribution in [2.45, 2.75) is 38.9 Å². The van der Waals surface area contributed by atoms with Crippen molar-refractivity contribution in [2.75, 3.05) is 12.6 Å². The van der Waals surface area contributed by atoms with Gasteiger partial charge < -0.3 is 9.31 Å². The molecule has 4 nitrogen and oxygen atoms in total. The zero-order chi connectivity index (χ0) is 13.4. The van der Waals surface area contributed by atoms with Gasteiger partial charge in [0, 0.05) is 0 Å². The molecule has 1 aliphatic heterocycles. The molecule has 98 valence electrons. The van der Waals surface area contributed by atoms with Crippen molar-refractivity contribution in [2.24, 2.45) is 0 Å². The van der Waals surface area contributed by atoms with Crippen LogP contribution in [0.5, 0.6) is 0 Å². The van der Waals surface area contributed by atoms with Crippen LogP contribution in [0.15, 0.2) is 24.3 Å². The molecule has 1 heterocycles. The first-order valence-corrected chi connectivity index (χ1v) is 6.10. The highest BCUT2D eigenvalue weighted by Gasteiger charge is 2.51. The lowest BCUT2D eigenvalue weighted by Crippen LogP contribution is -2.41. The Morgan fingerprint density at radius 3 is 1.94 bits per heavy atom. The predicted octanol–water partition coefficient (Wildman–Crippen LogP) is 1.96. The Morgan fingerprint density at radius 2 is 1.50 bits per heavy atom. The topological polar surface area (TPSA) is 39.7 Å². The Balaban J connectivity index is 2.14. The second-order valence-corrected chi connectivity index (χ2v) is 5.52.